The number of fused-ring (bicyclic) bond motifs is 1. The van der Waals surface area contributed by atoms with Gasteiger partial charge in [-0.05, 0) is 37.5 Å². The van der Waals surface area contributed by atoms with Crippen molar-refractivity contribution < 1.29 is 4.79 Å². The lowest BCUT2D eigenvalue weighted by Crippen LogP contribution is -2.35. The Morgan fingerprint density at radius 2 is 1.84 bits per heavy atom. The quantitative estimate of drug-likeness (QED) is 0.782. The molecule has 0 aliphatic heterocycles. The average molecular weight is 333 g/mol. The van der Waals surface area contributed by atoms with Gasteiger partial charge in [-0.1, -0.05) is 49.2 Å². The summed E-state index contributed by atoms with van der Waals surface area (Å²) in [6, 6.07) is 16.6. The van der Waals surface area contributed by atoms with Crippen molar-refractivity contribution in [1.29, 1.82) is 0 Å². The van der Waals surface area contributed by atoms with Crippen LogP contribution in [0.5, 0.6) is 0 Å². The summed E-state index contributed by atoms with van der Waals surface area (Å²) < 4.78 is 2.04. The molecule has 1 N–H and O–H groups in total. The zero-order chi connectivity index (χ0) is 17.2. The summed E-state index contributed by atoms with van der Waals surface area (Å²) in [5.41, 5.74) is 4.17. The highest BCUT2D eigenvalue weighted by atomic mass is 16.2. The van der Waals surface area contributed by atoms with Gasteiger partial charge in [0.2, 0.25) is 5.91 Å². The topological polar surface area (TPSA) is 46.9 Å². The Balaban J connectivity index is 1.72. The summed E-state index contributed by atoms with van der Waals surface area (Å²) in [6.45, 7) is 2.39. The van der Waals surface area contributed by atoms with E-state index >= 15 is 0 Å². The monoisotopic (exact) mass is 333 g/mol. The molecule has 0 bridgehead atoms. The highest BCUT2D eigenvalue weighted by Gasteiger charge is 2.20. The molecule has 2 aromatic carbocycles. The molecule has 0 saturated heterocycles. The minimum absolute atomic E-state index is 0.0740. The van der Waals surface area contributed by atoms with Crippen molar-refractivity contribution in [3.63, 3.8) is 0 Å². The van der Waals surface area contributed by atoms with Crippen LogP contribution in [0.15, 0.2) is 48.5 Å². The standard InChI is InChI=1S/C21H23N3O/c1-15-8-2-5-11-17(15)21-23-18-12-6-7-13-19(18)24(21)14-20(25)22-16-9-3-4-10-16/h2,5-8,11-13,16H,3-4,9-10,14H2,1H3,(H,22,25). The number of hydrogen-bond acceptors (Lipinski definition) is 2. The molecule has 0 spiro atoms. The number of hydrogen-bond donors (Lipinski definition) is 1. The lowest BCUT2D eigenvalue weighted by Gasteiger charge is -2.14. The number of para-hydroxylation sites is 2. The second-order valence-electron chi connectivity index (χ2n) is 6.87. The van der Waals surface area contributed by atoms with Crippen LogP contribution in [-0.2, 0) is 11.3 Å². The lowest BCUT2D eigenvalue weighted by molar-refractivity contribution is -0.122. The molecule has 128 valence electrons. The molecule has 0 unspecified atom stereocenters. The van der Waals surface area contributed by atoms with Crippen LogP contribution >= 0.6 is 0 Å². The van der Waals surface area contributed by atoms with Crippen LogP contribution in [-0.4, -0.2) is 21.5 Å². The number of nitrogens with zero attached hydrogens (tertiary/aromatic N) is 2. The predicted octanol–water partition coefficient (Wildman–Crippen LogP) is 4.07. The van der Waals surface area contributed by atoms with Crippen LogP contribution in [0.3, 0.4) is 0 Å². The number of amides is 1. The van der Waals surface area contributed by atoms with E-state index in [2.05, 4.69) is 24.4 Å². The van der Waals surface area contributed by atoms with Gasteiger partial charge < -0.3 is 9.88 Å². The molecule has 1 amide bonds. The van der Waals surface area contributed by atoms with Crippen LogP contribution in [0.25, 0.3) is 22.4 Å². The van der Waals surface area contributed by atoms with Gasteiger partial charge in [0.1, 0.15) is 12.4 Å². The molecule has 4 nitrogen and oxygen atoms in total. The second-order valence-corrected chi connectivity index (χ2v) is 6.87. The molecule has 1 aliphatic rings. The van der Waals surface area contributed by atoms with Gasteiger partial charge in [0.25, 0.3) is 0 Å². The molecule has 1 aliphatic carbocycles. The van der Waals surface area contributed by atoms with Crippen LogP contribution < -0.4 is 5.32 Å². The second kappa shape index (κ2) is 6.71. The molecule has 0 atom stereocenters. The molecule has 25 heavy (non-hydrogen) atoms. The molecular weight excluding hydrogens is 310 g/mol. The van der Waals surface area contributed by atoms with Gasteiger partial charge in [-0.3, -0.25) is 4.79 Å². The van der Waals surface area contributed by atoms with E-state index in [-0.39, 0.29) is 5.91 Å². The number of rotatable bonds is 4. The third-order valence-electron chi connectivity index (χ3n) is 5.06. The van der Waals surface area contributed by atoms with Crippen LogP contribution in [0.1, 0.15) is 31.2 Å². The number of aryl methyl sites for hydroxylation is 1. The van der Waals surface area contributed by atoms with E-state index in [1.165, 1.54) is 12.8 Å². The molecule has 1 aromatic heterocycles. The highest BCUT2D eigenvalue weighted by Crippen LogP contribution is 2.27. The van der Waals surface area contributed by atoms with Crippen LogP contribution in [0.2, 0.25) is 0 Å². The smallest absolute Gasteiger partial charge is 0.240 e. The third kappa shape index (κ3) is 3.16. The van der Waals surface area contributed by atoms with Crippen molar-refractivity contribution in [2.45, 2.75) is 45.2 Å². The number of carbonyl (C=O) groups is 1. The fourth-order valence-corrected chi connectivity index (χ4v) is 3.75. The Kier molecular flexibility index (Phi) is 4.26. The maximum absolute atomic E-state index is 12.6. The van der Waals surface area contributed by atoms with E-state index in [9.17, 15) is 4.79 Å². The number of imidazole rings is 1. The van der Waals surface area contributed by atoms with Crippen molar-refractivity contribution in [2.24, 2.45) is 0 Å². The van der Waals surface area contributed by atoms with Crippen molar-refractivity contribution in [1.82, 2.24) is 14.9 Å². The van der Waals surface area contributed by atoms with E-state index in [1.54, 1.807) is 0 Å². The summed E-state index contributed by atoms with van der Waals surface area (Å²) in [5.74, 6) is 0.936. The van der Waals surface area contributed by atoms with Crippen molar-refractivity contribution in [3.05, 3.63) is 54.1 Å². The number of aromatic nitrogens is 2. The number of carbonyl (C=O) groups excluding carboxylic acids is 1. The van der Waals surface area contributed by atoms with Crippen LogP contribution in [0.4, 0.5) is 0 Å². The van der Waals surface area contributed by atoms with Gasteiger partial charge in [-0.25, -0.2) is 4.98 Å². The minimum atomic E-state index is 0.0740. The predicted molar refractivity (Wildman–Crippen MR) is 100 cm³/mol. The molecule has 4 rings (SSSR count). The van der Waals surface area contributed by atoms with E-state index < -0.39 is 0 Å². The van der Waals surface area contributed by atoms with Gasteiger partial charge >= 0.3 is 0 Å². The Hall–Kier alpha value is -2.62. The minimum Gasteiger partial charge on any atom is -0.352 e. The summed E-state index contributed by atoms with van der Waals surface area (Å²) in [5, 5.41) is 3.19. The van der Waals surface area contributed by atoms with Crippen molar-refractivity contribution in [3.8, 4) is 11.4 Å². The zero-order valence-electron chi connectivity index (χ0n) is 14.5. The first-order valence-electron chi connectivity index (χ1n) is 9.03. The van der Waals surface area contributed by atoms with Gasteiger partial charge in [0, 0.05) is 11.6 Å². The lowest BCUT2D eigenvalue weighted by atomic mass is 10.1. The molecule has 1 fully saturated rings. The van der Waals surface area contributed by atoms with Crippen molar-refractivity contribution in [2.75, 3.05) is 0 Å². The summed E-state index contributed by atoms with van der Waals surface area (Å²) >= 11 is 0. The van der Waals surface area contributed by atoms with E-state index in [4.69, 9.17) is 4.98 Å². The zero-order valence-corrected chi connectivity index (χ0v) is 14.5. The summed E-state index contributed by atoms with van der Waals surface area (Å²) in [7, 11) is 0. The first kappa shape index (κ1) is 15.9. The van der Waals surface area contributed by atoms with E-state index in [1.807, 2.05) is 41.0 Å². The molecule has 1 saturated carbocycles. The average Bonchev–Trinajstić information content (AvgIpc) is 3.24. The van der Waals surface area contributed by atoms with Crippen molar-refractivity contribution >= 4 is 16.9 Å². The van der Waals surface area contributed by atoms with E-state index in [0.717, 1.165) is 40.8 Å². The highest BCUT2D eigenvalue weighted by molar-refractivity contribution is 5.85. The Morgan fingerprint density at radius 3 is 2.64 bits per heavy atom. The Morgan fingerprint density at radius 1 is 1.12 bits per heavy atom. The maximum atomic E-state index is 12.6. The molecule has 3 aromatic rings. The van der Waals surface area contributed by atoms with E-state index in [0.29, 0.717) is 12.6 Å². The summed E-state index contributed by atoms with van der Waals surface area (Å²) in [4.78, 5) is 17.4. The summed E-state index contributed by atoms with van der Waals surface area (Å²) in [6.07, 6.45) is 4.63. The molecule has 4 heteroatoms. The first-order chi connectivity index (χ1) is 12.2. The molecular formula is C21H23N3O. The van der Waals surface area contributed by atoms with Gasteiger partial charge in [0.15, 0.2) is 0 Å². The Labute approximate surface area is 147 Å². The van der Waals surface area contributed by atoms with Gasteiger partial charge in [-0.2, -0.15) is 0 Å². The van der Waals surface area contributed by atoms with Gasteiger partial charge in [0.05, 0.1) is 11.0 Å². The fraction of sp³-hybridized carbons (Fsp3) is 0.333. The fourth-order valence-electron chi connectivity index (χ4n) is 3.75. The number of benzene rings is 2. The maximum Gasteiger partial charge on any atom is 0.240 e. The SMILES string of the molecule is Cc1ccccc1-c1nc2ccccc2n1CC(=O)NC1CCCC1. The normalized spacial score (nSPS) is 14.9. The Bertz CT molecular complexity index is 906. The third-order valence-corrected chi connectivity index (χ3v) is 5.06. The first-order valence-corrected chi connectivity index (χ1v) is 9.03. The molecule has 1 heterocycles. The van der Waals surface area contributed by atoms with Crippen LogP contribution in [0, 0.1) is 6.92 Å². The molecule has 0 radical (unpaired) electrons. The largest absolute Gasteiger partial charge is 0.352 e. The van der Waals surface area contributed by atoms with Gasteiger partial charge in [-0.15, -0.1) is 0 Å². The number of nitrogens with one attached hydrogen (secondary N) is 1.